The van der Waals surface area contributed by atoms with Crippen molar-refractivity contribution in [3.63, 3.8) is 0 Å². The van der Waals surface area contributed by atoms with E-state index in [2.05, 4.69) is 24.1 Å². The van der Waals surface area contributed by atoms with Gasteiger partial charge in [-0.15, -0.1) is 0 Å². The number of carbonyl (C=O) groups excluding carboxylic acids is 1. The molecule has 0 heterocycles. The highest BCUT2D eigenvalue weighted by Gasteiger charge is 2.08. The van der Waals surface area contributed by atoms with Crippen LogP contribution in [0.3, 0.4) is 0 Å². The Hall–Kier alpha value is -1.75. The van der Waals surface area contributed by atoms with Crippen LogP contribution in [0.5, 0.6) is 5.75 Å². The molecule has 5 heteroatoms. The second-order valence-corrected chi connectivity index (χ2v) is 5.45. The van der Waals surface area contributed by atoms with Gasteiger partial charge in [0.25, 0.3) is 0 Å². The van der Waals surface area contributed by atoms with Crippen molar-refractivity contribution in [1.82, 2.24) is 4.90 Å². The molecule has 0 saturated carbocycles. The molecule has 5 nitrogen and oxygen atoms in total. The van der Waals surface area contributed by atoms with Crippen LogP contribution in [0.4, 0.5) is 11.4 Å². The van der Waals surface area contributed by atoms with Crippen molar-refractivity contribution < 1.29 is 9.53 Å². The first-order valence-corrected chi connectivity index (χ1v) is 8.06. The number of nitrogen functional groups attached to an aromatic ring is 1. The van der Waals surface area contributed by atoms with Crippen LogP contribution in [0.25, 0.3) is 0 Å². The topological polar surface area (TPSA) is 67.6 Å². The van der Waals surface area contributed by atoms with Crippen molar-refractivity contribution in [2.75, 3.05) is 37.8 Å². The van der Waals surface area contributed by atoms with Gasteiger partial charge in [0.05, 0.1) is 18.5 Å². The zero-order valence-electron chi connectivity index (χ0n) is 14.0. The fraction of sp³-hybridized carbons (Fsp3) is 0.588. The summed E-state index contributed by atoms with van der Waals surface area (Å²) in [6.07, 6.45) is 3.65. The van der Waals surface area contributed by atoms with Gasteiger partial charge in [-0.3, -0.25) is 4.79 Å². The molecule has 124 valence electrons. The minimum absolute atomic E-state index is 0.00657. The molecule has 0 aliphatic carbocycles. The van der Waals surface area contributed by atoms with Crippen LogP contribution in [-0.2, 0) is 4.79 Å². The molecule has 0 fully saturated rings. The summed E-state index contributed by atoms with van der Waals surface area (Å²) in [5.41, 5.74) is 7.03. The minimum atomic E-state index is -0.00657. The summed E-state index contributed by atoms with van der Waals surface area (Å²) in [6, 6.07) is 5.25. The van der Waals surface area contributed by atoms with Gasteiger partial charge in [0, 0.05) is 12.5 Å². The largest absolute Gasteiger partial charge is 0.497 e. The van der Waals surface area contributed by atoms with E-state index in [-0.39, 0.29) is 5.91 Å². The number of methoxy groups -OCH3 is 1. The molecule has 1 aromatic carbocycles. The monoisotopic (exact) mass is 307 g/mol. The maximum absolute atomic E-state index is 12.0. The Bertz CT molecular complexity index is 457. The molecule has 1 aromatic rings. The molecule has 0 radical (unpaired) electrons. The van der Waals surface area contributed by atoms with E-state index in [0.717, 1.165) is 38.9 Å². The fourth-order valence-electron chi connectivity index (χ4n) is 2.41. The van der Waals surface area contributed by atoms with Crippen molar-refractivity contribution in [3.8, 4) is 5.75 Å². The van der Waals surface area contributed by atoms with Gasteiger partial charge in [-0.05, 0) is 51.0 Å². The Balaban J connectivity index is 2.43. The lowest BCUT2D eigenvalue weighted by Crippen LogP contribution is -2.27. The lowest BCUT2D eigenvalue weighted by molar-refractivity contribution is -0.116. The Kier molecular flexibility index (Phi) is 8.36. The van der Waals surface area contributed by atoms with E-state index in [1.807, 2.05) is 0 Å². The molecule has 0 aliphatic heterocycles. The van der Waals surface area contributed by atoms with Gasteiger partial charge < -0.3 is 20.7 Å². The lowest BCUT2D eigenvalue weighted by atomic mass is 10.2. The maximum Gasteiger partial charge on any atom is 0.224 e. The molecule has 3 N–H and O–H groups in total. The van der Waals surface area contributed by atoms with Crippen LogP contribution in [0.15, 0.2) is 18.2 Å². The number of hydrogen-bond acceptors (Lipinski definition) is 4. The highest BCUT2D eigenvalue weighted by molar-refractivity contribution is 5.94. The van der Waals surface area contributed by atoms with Gasteiger partial charge in [0.1, 0.15) is 5.75 Å². The second-order valence-electron chi connectivity index (χ2n) is 5.45. The molecule has 0 aliphatic rings. The van der Waals surface area contributed by atoms with Crippen LogP contribution in [0.1, 0.15) is 39.5 Å². The van der Waals surface area contributed by atoms with E-state index in [9.17, 15) is 4.79 Å². The van der Waals surface area contributed by atoms with Gasteiger partial charge in [-0.2, -0.15) is 0 Å². The number of benzene rings is 1. The van der Waals surface area contributed by atoms with Crippen LogP contribution >= 0.6 is 0 Å². The van der Waals surface area contributed by atoms with E-state index < -0.39 is 0 Å². The molecule has 0 bridgehead atoms. The van der Waals surface area contributed by atoms with Crippen LogP contribution in [-0.4, -0.2) is 37.6 Å². The van der Waals surface area contributed by atoms with Gasteiger partial charge in [0.2, 0.25) is 5.91 Å². The normalized spacial score (nSPS) is 10.7. The number of carbonyl (C=O) groups is 1. The molecule has 0 saturated heterocycles. The Morgan fingerprint density at radius 1 is 1.23 bits per heavy atom. The molecule has 0 atom stereocenters. The molecule has 1 rings (SSSR count). The third-order valence-corrected chi connectivity index (χ3v) is 3.49. The predicted octanol–water partition coefficient (Wildman–Crippen LogP) is 3.12. The number of nitrogens with one attached hydrogen (secondary N) is 1. The number of anilines is 2. The molecular weight excluding hydrogens is 278 g/mol. The summed E-state index contributed by atoms with van der Waals surface area (Å²) in [5.74, 6) is 0.675. The quantitative estimate of drug-likeness (QED) is 0.652. The Morgan fingerprint density at radius 3 is 2.50 bits per heavy atom. The maximum atomic E-state index is 12.0. The van der Waals surface area contributed by atoms with E-state index in [0.29, 0.717) is 23.5 Å². The summed E-state index contributed by atoms with van der Waals surface area (Å²) < 4.78 is 5.14. The average Bonchev–Trinajstić information content (AvgIpc) is 2.50. The number of amides is 1. The molecule has 1 amide bonds. The Morgan fingerprint density at radius 2 is 1.91 bits per heavy atom. The van der Waals surface area contributed by atoms with Gasteiger partial charge in [-0.25, -0.2) is 0 Å². The first-order chi connectivity index (χ1) is 10.6. The highest BCUT2D eigenvalue weighted by Crippen LogP contribution is 2.24. The van der Waals surface area contributed by atoms with Crippen molar-refractivity contribution in [1.29, 1.82) is 0 Å². The summed E-state index contributed by atoms with van der Waals surface area (Å²) >= 11 is 0. The fourth-order valence-corrected chi connectivity index (χ4v) is 2.41. The van der Waals surface area contributed by atoms with E-state index in [1.54, 1.807) is 25.3 Å². The summed E-state index contributed by atoms with van der Waals surface area (Å²) in [6.45, 7) is 7.52. The third kappa shape index (κ3) is 6.35. The third-order valence-electron chi connectivity index (χ3n) is 3.49. The van der Waals surface area contributed by atoms with Crippen molar-refractivity contribution >= 4 is 17.3 Å². The van der Waals surface area contributed by atoms with Crippen molar-refractivity contribution in [2.45, 2.75) is 39.5 Å². The van der Waals surface area contributed by atoms with Crippen molar-refractivity contribution in [2.24, 2.45) is 0 Å². The van der Waals surface area contributed by atoms with Crippen LogP contribution < -0.4 is 15.8 Å². The minimum Gasteiger partial charge on any atom is -0.497 e. The smallest absolute Gasteiger partial charge is 0.224 e. The molecule has 0 spiro atoms. The lowest BCUT2D eigenvalue weighted by Gasteiger charge is -2.20. The average molecular weight is 307 g/mol. The number of nitrogens with two attached hydrogens (primary N) is 1. The van der Waals surface area contributed by atoms with Crippen molar-refractivity contribution in [3.05, 3.63) is 18.2 Å². The standard InChI is InChI=1S/C17H29N3O2/c1-4-10-20(11-5-2)12-6-7-17(21)19-16-13-14(22-3)8-9-15(16)18/h8-9,13H,4-7,10-12,18H2,1-3H3,(H,19,21). The number of hydrogen-bond donors (Lipinski definition) is 2. The zero-order chi connectivity index (χ0) is 16.4. The molecule has 22 heavy (non-hydrogen) atoms. The zero-order valence-corrected chi connectivity index (χ0v) is 14.0. The van der Waals surface area contributed by atoms with Gasteiger partial charge in [-0.1, -0.05) is 13.8 Å². The van der Waals surface area contributed by atoms with E-state index >= 15 is 0 Å². The molecule has 0 unspecified atom stereocenters. The first kappa shape index (κ1) is 18.3. The van der Waals surface area contributed by atoms with Crippen LogP contribution in [0, 0.1) is 0 Å². The summed E-state index contributed by atoms with van der Waals surface area (Å²) in [5, 5.41) is 2.86. The second kappa shape index (κ2) is 10.1. The predicted molar refractivity (Wildman–Crippen MR) is 92.3 cm³/mol. The highest BCUT2D eigenvalue weighted by atomic mass is 16.5. The first-order valence-electron chi connectivity index (χ1n) is 8.06. The summed E-state index contributed by atoms with van der Waals surface area (Å²) in [4.78, 5) is 14.4. The summed E-state index contributed by atoms with van der Waals surface area (Å²) in [7, 11) is 1.59. The number of rotatable bonds is 10. The van der Waals surface area contributed by atoms with E-state index in [4.69, 9.17) is 10.5 Å². The van der Waals surface area contributed by atoms with Gasteiger partial charge >= 0.3 is 0 Å². The number of ether oxygens (including phenoxy) is 1. The molecule has 0 aromatic heterocycles. The van der Waals surface area contributed by atoms with Crippen LogP contribution in [0.2, 0.25) is 0 Å². The van der Waals surface area contributed by atoms with Gasteiger partial charge in [0.15, 0.2) is 0 Å². The van der Waals surface area contributed by atoms with E-state index in [1.165, 1.54) is 0 Å². The molecular formula is C17H29N3O2. The number of nitrogens with zero attached hydrogens (tertiary/aromatic N) is 1. The SMILES string of the molecule is CCCN(CCC)CCCC(=O)Nc1cc(OC)ccc1N. The Labute approximate surface area is 133 Å².